The van der Waals surface area contributed by atoms with Crippen molar-refractivity contribution in [3.63, 3.8) is 0 Å². The molecule has 0 bridgehead atoms. The SMILES string of the molecule is Cc1ccc(-c2nc3cc(NC(=O)c4ccc(-c5cc(Cl)ccc5Cl)o4)ccc3o2)cc1C. The summed E-state index contributed by atoms with van der Waals surface area (Å²) in [6.07, 6.45) is 0. The second-order valence-electron chi connectivity index (χ2n) is 7.74. The number of carbonyl (C=O) groups excluding carboxylic acids is 1. The van der Waals surface area contributed by atoms with Crippen LogP contribution in [-0.2, 0) is 0 Å². The molecule has 0 unspecified atom stereocenters. The van der Waals surface area contributed by atoms with Gasteiger partial charge in [0.15, 0.2) is 11.3 Å². The molecule has 7 heteroatoms. The minimum Gasteiger partial charge on any atom is -0.451 e. The van der Waals surface area contributed by atoms with Gasteiger partial charge >= 0.3 is 0 Å². The highest BCUT2D eigenvalue weighted by Gasteiger charge is 2.16. The average Bonchev–Trinajstić information content (AvgIpc) is 3.44. The van der Waals surface area contributed by atoms with Gasteiger partial charge in [0.2, 0.25) is 5.89 Å². The van der Waals surface area contributed by atoms with Crippen molar-refractivity contribution in [1.82, 2.24) is 4.98 Å². The smallest absolute Gasteiger partial charge is 0.291 e. The molecule has 2 aromatic heterocycles. The normalized spacial score (nSPS) is 11.2. The molecule has 0 aliphatic rings. The fourth-order valence-corrected chi connectivity index (χ4v) is 3.87. The van der Waals surface area contributed by atoms with E-state index in [1.165, 1.54) is 11.1 Å². The van der Waals surface area contributed by atoms with Crippen molar-refractivity contribution in [3.05, 3.63) is 93.7 Å². The van der Waals surface area contributed by atoms with Crippen molar-refractivity contribution < 1.29 is 13.6 Å². The van der Waals surface area contributed by atoms with Gasteiger partial charge in [-0.25, -0.2) is 4.98 Å². The standard InChI is InChI=1S/C26H18Cl2N2O3/c1-14-3-4-16(11-15(14)2)26-30-21-13-18(6-8-23(21)33-26)29-25(31)24-10-9-22(32-24)19-12-17(27)5-7-20(19)28/h3-13H,1-2H3,(H,29,31). The zero-order chi connectivity index (χ0) is 23.1. The zero-order valence-corrected chi connectivity index (χ0v) is 19.3. The van der Waals surface area contributed by atoms with E-state index in [2.05, 4.69) is 24.1 Å². The largest absolute Gasteiger partial charge is 0.451 e. The first-order chi connectivity index (χ1) is 15.9. The third kappa shape index (κ3) is 4.25. The number of nitrogens with zero attached hydrogens (tertiary/aromatic N) is 1. The Labute approximate surface area is 200 Å². The number of halogens is 2. The first-order valence-electron chi connectivity index (χ1n) is 10.2. The van der Waals surface area contributed by atoms with E-state index in [-0.39, 0.29) is 5.76 Å². The first-order valence-corrected chi connectivity index (χ1v) is 11.0. The molecule has 0 saturated carbocycles. The zero-order valence-electron chi connectivity index (χ0n) is 17.8. The van der Waals surface area contributed by atoms with Crippen LogP contribution in [0.1, 0.15) is 21.7 Å². The molecule has 5 rings (SSSR count). The number of benzene rings is 3. The fourth-order valence-electron chi connectivity index (χ4n) is 3.49. The van der Waals surface area contributed by atoms with Crippen LogP contribution in [0, 0.1) is 13.8 Å². The molecule has 5 nitrogen and oxygen atoms in total. The van der Waals surface area contributed by atoms with Crippen LogP contribution in [0.25, 0.3) is 33.9 Å². The molecule has 1 amide bonds. The van der Waals surface area contributed by atoms with Crippen LogP contribution in [0.4, 0.5) is 5.69 Å². The predicted octanol–water partition coefficient (Wildman–Crippen LogP) is 7.93. The summed E-state index contributed by atoms with van der Waals surface area (Å²) in [7, 11) is 0. The number of anilines is 1. The van der Waals surface area contributed by atoms with Gasteiger partial charge in [-0.15, -0.1) is 0 Å². The summed E-state index contributed by atoms with van der Waals surface area (Å²) in [5.74, 6) is 0.747. The molecule has 0 spiro atoms. The van der Waals surface area contributed by atoms with E-state index in [4.69, 9.17) is 32.0 Å². The summed E-state index contributed by atoms with van der Waals surface area (Å²) >= 11 is 12.3. The molecule has 0 aliphatic carbocycles. The molecule has 0 radical (unpaired) electrons. The van der Waals surface area contributed by atoms with E-state index >= 15 is 0 Å². The Morgan fingerprint density at radius 2 is 1.73 bits per heavy atom. The number of fused-ring (bicyclic) bond motifs is 1. The number of amides is 1. The van der Waals surface area contributed by atoms with E-state index in [0.29, 0.717) is 44.0 Å². The Bertz CT molecular complexity index is 1520. The van der Waals surface area contributed by atoms with E-state index in [1.54, 1.807) is 48.5 Å². The van der Waals surface area contributed by atoms with Crippen LogP contribution in [-0.4, -0.2) is 10.9 Å². The first kappa shape index (κ1) is 21.3. The van der Waals surface area contributed by atoms with Gasteiger partial charge in [-0.05, 0) is 85.6 Å². The third-order valence-corrected chi connectivity index (χ3v) is 5.99. The molecular formula is C26H18Cl2N2O3. The molecule has 0 saturated heterocycles. The van der Waals surface area contributed by atoms with Gasteiger partial charge in [-0.1, -0.05) is 29.3 Å². The van der Waals surface area contributed by atoms with Crippen molar-refractivity contribution in [2.24, 2.45) is 0 Å². The summed E-state index contributed by atoms with van der Waals surface area (Å²) in [6.45, 7) is 4.11. The van der Waals surface area contributed by atoms with Crippen LogP contribution < -0.4 is 5.32 Å². The van der Waals surface area contributed by atoms with Crippen LogP contribution in [0.15, 0.2) is 75.6 Å². The molecule has 5 aromatic rings. The summed E-state index contributed by atoms with van der Waals surface area (Å²) in [6, 6.07) is 19.7. The van der Waals surface area contributed by atoms with Crippen LogP contribution in [0.2, 0.25) is 10.0 Å². The topological polar surface area (TPSA) is 68.3 Å². The van der Waals surface area contributed by atoms with E-state index in [1.807, 2.05) is 18.2 Å². The summed E-state index contributed by atoms with van der Waals surface area (Å²) < 4.78 is 11.6. The second-order valence-corrected chi connectivity index (χ2v) is 8.59. The Morgan fingerprint density at radius 3 is 2.55 bits per heavy atom. The summed E-state index contributed by atoms with van der Waals surface area (Å²) in [5, 5.41) is 3.84. The molecule has 3 aromatic carbocycles. The lowest BCUT2D eigenvalue weighted by atomic mass is 10.1. The van der Waals surface area contributed by atoms with Gasteiger partial charge in [0.25, 0.3) is 5.91 Å². The highest BCUT2D eigenvalue weighted by Crippen LogP contribution is 2.32. The number of hydrogen-bond acceptors (Lipinski definition) is 4. The number of aromatic nitrogens is 1. The lowest BCUT2D eigenvalue weighted by Crippen LogP contribution is -2.10. The van der Waals surface area contributed by atoms with Crippen molar-refractivity contribution >= 4 is 45.9 Å². The lowest BCUT2D eigenvalue weighted by Gasteiger charge is -2.03. The Hall–Kier alpha value is -3.54. The third-order valence-electron chi connectivity index (χ3n) is 5.42. The second kappa shape index (κ2) is 8.43. The van der Waals surface area contributed by atoms with Gasteiger partial charge in [-0.3, -0.25) is 4.79 Å². The Morgan fingerprint density at radius 1 is 0.879 bits per heavy atom. The molecule has 1 N–H and O–H groups in total. The molecule has 33 heavy (non-hydrogen) atoms. The Balaban J connectivity index is 1.38. The molecule has 0 fully saturated rings. The lowest BCUT2D eigenvalue weighted by molar-refractivity contribution is 0.0997. The number of hydrogen-bond donors (Lipinski definition) is 1. The molecule has 0 aliphatic heterocycles. The van der Waals surface area contributed by atoms with E-state index < -0.39 is 5.91 Å². The highest BCUT2D eigenvalue weighted by atomic mass is 35.5. The van der Waals surface area contributed by atoms with Gasteiger partial charge in [-0.2, -0.15) is 0 Å². The number of aryl methyl sites for hydroxylation is 2. The average molecular weight is 477 g/mol. The van der Waals surface area contributed by atoms with Gasteiger partial charge in [0.1, 0.15) is 11.3 Å². The van der Waals surface area contributed by atoms with Crippen LogP contribution >= 0.6 is 23.2 Å². The van der Waals surface area contributed by atoms with Crippen LogP contribution in [0.5, 0.6) is 0 Å². The summed E-state index contributed by atoms with van der Waals surface area (Å²) in [4.78, 5) is 17.3. The van der Waals surface area contributed by atoms with Crippen molar-refractivity contribution in [2.75, 3.05) is 5.32 Å². The minimum atomic E-state index is -0.392. The number of oxazole rings is 1. The number of nitrogens with one attached hydrogen (secondary N) is 1. The van der Waals surface area contributed by atoms with Gasteiger partial charge in [0, 0.05) is 21.8 Å². The van der Waals surface area contributed by atoms with E-state index in [0.717, 1.165) is 5.56 Å². The fraction of sp³-hybridized carbons (Fsp3) is 0.0769. The molecule has 164 valence electrons. The molecular weight excluding hydrogens is 459 g/mol. The van der Waals surface area contributed by atoms with Gasteiger partial charge in [0.05, 0.1) is 5.02 Å². The maximum atomic E-state index is 12.7. The summed E-state index contributed by atoms with van der Waals surface area (Å²) in [5.41, 5.74) is 5.75. The minimum absolute atomic E-state index is 0.150. The molecule has 2 heterocycles. The Kier molecular flexibility index (Phi) is 5.44. The maximum absolute atomic E-state index is 12.7. The molecule has 0 atom stereocenters. The number of rotatable bonds is 4. The number of furan rings is 1. The number of carbonyl (C=O) groups is 1. The monoisotopic (exact) mass is 476 g/mol. The van der Waals surface area contributed by atoms with Crippen molar-refractivity contribution in [2.45, 2.75) is 13.8 Å². The van der Waals surface area contributed by atoms with Crippen molar-refractivity contribution in [1.29, 1.82) is 0 Å². The van der Waals surface area contributed by atoms with Crippen LogP contribution in [0.3, 0.4) is 0 Å². The van der Waals surface area contributed by atoms with E-state index in [9.17, 15) is 4.79 Å². The quantitative estimate of drug-likeness (QED) is 0.285. The van der Waals surface area contributed by atoms with Gasteiger partial charge < -0.3 is 14.2 Å². The predicted molar refractivity (Wildman–Crippen MR) is 131 cm³/mol. The maximum Gasteiger partial charge on any atom is 0.291 e. The highest BCUT2D eigenvalue weighted by molar-refractivity contribution is 6.35. The van der Waals surface area contributed by atoms with Crippen molar-refractivity contribution in [3.8, 4) is 22.8 Å².